The van der Waals surface area contributed by atoms with Gasteiger partial charge in [0.25, 0.3) is 5.91 Å². The van der Waals surface area contributed by atoms with Gasteiger partial charge in [-0.3, -0.25) is 9.78 Å². The highest BCUT2D eigenvalue weighted by atomic mass is 19.1. The fourth-order valence-electron chi connectivity index (χ4n) is 1.42. The molecule has 15 heavy (non-hydrogen) atoms. The lowest BCUT2D eigenvalue weighted by Crippen LogP contribution is -2.40. The lowest BCUT2D eigenvalue weighted by atomic mass is 10.2. The molecule has 5 heteroatoms. The van der Waals surface area contributed by atoms with Crippen LogP contribution in [-0.4, -0.2) is 36.3 Å². The molecule has 1 N–H and O–H groups in total. The highest BCUT2D eigenvalue weighted by molar-refractivity contribution is 5.94. The largest absolute Gasteiger partial charge is 0.376 e. The van der Waals surface area contributed by atoms with Gasteiger partial charge in [0.15, 0.2) is 0 Å². The number of halogens is 1. The summed E-state index contributed by atoms with van der Waals surface area (Å²) in [6.45, 7) is 0.291. The Labute approximate surface area is 86.5 Å². The number of ether oxygens (including phenoxy) is 1. The van der Waals surface area contributed by atoms with Gasteiger partial charge in [0.05, 0.1) is 19.3 Å². The monoisotopic (exact) mass is 210 g/mol. The van der Waals surface area contributed by atoms with E-state index in [2.05, 4.69) is 10.3 Å². The second-order valence-corrected chi connectivity index (χ2v) is 3.37. The number of rotatable bonds is 2. The first-order valence-corrected chi connectivity index (χ1v) is 4.70. The first-order valence-electron chi connectivity index (χ1n) is 4.70. The lowest BCUT2D eigenvalue weighted by Gasteiger charge is -2.12. The van der Waals surface area contributed by atoms with Crippen molar-refractivity contribution in [3.05, 3.63) is 30.1 Å². The Bertz CT molecular complexity index is 345. The van der Waals surface area contributed by atoms with Gasteiger partial charge in [-0.1, -0.05) is 0 Å². The summed E-state index contributed by atoms with van der Waals surface area (Å²) in [7, 11) is 0. The SMILES string of the molecule is O=C(NC1COCC1F)c1ccncc1. The molecule has 1 aromatic heterocycles. The normalized spacial score (nSPS) is 25.1. The number of amides is 1. The van der Waals surface area contributed by atoms with Crippen LogP contribution < -0.4 is 5.32 Å². The lowest BCUT2D eigenvalue weighted by molar-refractivity contribution is 0.0920. The van der Waals surface area contributed by atoms with Gasteiger partial charge >= 0.3 is 0 Å². The zero-order valence-corrected chi connectivity index (χ0v) is 8.02. The third kappa shape index (κ3) is 2.30. The van der Waals surface area contributed by atoms with E-state index >= 15 is 0 Å². The molecule has 1 amide bonds. The zero-order valence-electron chi connectivity index (χ0n) is 8.02. The number of aromatic nitrogens is 1. The van der Waals surface area contributed by atoms with Crippen molar-refractivity contribution in [1.29, 1.82) is 0 Å². The van der Waals surface area contributed by atoms with Crippen LogP contribution in [0.15, 0.2) is 24.5 Å². The molecule has 4 nitrogen and oxygen atoms in total. The fraction of sp³-hybridized carbons (Fsp3) is 0.400. The molecule has 1 fully saturated rings. The second kappa shape index (κ2) is 4.35. The summed E-state index contributed by atoms with van der Waals surface area (Å²) in [6, 6.07) is 2.63. The maximum atomic E-state index is 13.1. The van der Waals surface area contributed by atoms with E-state index in [0.717, 1.165) is 0 Å². The van der Waals surface area contributed by atoms with E-state index in [1.54, 1.807) is 12.1 Å². The van der Waals surface area contributed by atoms with Crippen LogP contribution in [0.5, 0.6) is 0 Å². The van der Waals surface area contributed by atoms with Crippen LogP contribution in [0.4, 0.5) is 4.39 Å². The third-order valence-electron chi connectivity index (χ3n) is 2.27. The number of nitrogens with one attached hydrogen (secondary N) is 1. The van der Waals surface area contributed by atoms with E-state index in [4.69, 9.17) is 4.74 Å². The van der Waals surface area contributed by atoms with Crippen LogP contribution in [0.2, 0.25) is 0 Å². The zero-order chi connectivity index (χ0) is 10.7. The van der Waals surface area contributed by atoms with Crippen molar-refractivity contribution >= 4 is 5.91 Å². The molecule has 0 aliphatic carbocycles. The molecule has 0 saturated carbocycles. The topological polar surface area (TPSA) is 51.2 Å². The summed E-state index contributed by atoms with van der Waals surface area (Å²) in [5.41, 5.74) is 0.476. The molecular formula is C10H11FN2O2. The van der Waals surface area contributed by atoms with Crippen LogP contribution >= 0.6 is 0 Å². The Kier molecular flexibility index (Phi) is 2.91. The Balaban J connectivity index is 1.98. The number of pyridine rings is 1. The van der Waals surface area contributed by atoms with Gasteiger partial charge in [0.2, 0.25) is 0 Å². The molecule has 0 spiro atoms. The van der Waals surface area contributed by atoms with Crippen molar-refractivity contribution in [2.24, 2.45) is 0 Å². The second-order valence-electron chi connectivity index (χ2n) is 3.37. The molecule has 80 valence electrons. The summed E-state index contributed by atoms with van der Waals surface area (Å²) in [5, 5.41) is 2.58. The van der Waals surface area contributed by atoms with E-state index in [-0.39, 0.29) is 19.1 Å². The van der Waals surface area contributed by atoms with E-state index in [0.29, 0.717) is 5.56 Å². The average molecular weight is 210 g/mol. The molecule has 1 saturated heterocycles. The van der Waals surface area contributed by atoms with Crippen molar-refractivity contribution in [2.75, 3.05) is 13.2 Å². The predicted molar refractivity (Wildman–Crippen MR) is 51.2 cm³/mol. The minimum absolute atomic E-state index is 0.0568. The van der Waals surface area contributed by atoms with Gasteiger partial charge in [0.1, 0.15) is 6.17 Å². The average Bonchev–Trinajstić information content (AvgIpc) is 2.66. The first-order chi connectivity index (χ1) is 7.27. The third-order valence-corrected chi connectivity index (χ3v) is 2.27. The van der Waals surface area contributed by atoms with E-state index < -0.39 is 12.2 Å². The highest BCUT2D eigenvalue weighted by Crippen LogP contribution is 2.10. The number of carbonyl (C=O) groups is 1. The molecule has 2 heterocycles. The number of hydrogen-bond acceptors (Lipinski definition) is 3. The van der Waals surface area contributed by atoms with Crippen molar-refractivity contribution < 1.29 is 13.9 Å². The van der Waals surface area contributed by atoms with Crippen LogP contribution in [0.1, 0.15) is 10.4 Å². The number of nitrogens with zero attached hydrogens (tertiary/aromatic N) is 1. The molecule has 2 rings (SSSR count). The Morgan fingerprint density at radius 3 is 2.80 bits per heavy atom. The molecule has 0 aromatic carbocycles. The smallest absolute Gasteiger partial charge is 0.251 e. The van der Waals surface area contributed by atoms with E-state index in [1.807, 2.05) is 0 Å². The quantitative estimate of drug-likeness (QED) is 0.775. The molecule has 0 bridgehead atoms. The van der Waals surface area contributed by atoms with Crippen LogP contribution in [-0.2, 0) is 4.74 Å². The summed E-state index contributed by atoms with van der Waals surface area (Å²) >= 11 is 0. The number of alkyl halides is 1. The van der Waals surface area contributed by atoms with Crippen LogP contribution in [0.3, 0.4) is 0 Å². The van der Waals surface area contributed by atoms with Crippen molar-refractivity contribution in [3.8, 4) is 0 Å². The van der Waals surface area contributed by atoms with E-state index in [1.165, 1.54) is 12.4 Å². The van der Waals surface area contributed by atoms with Gasteiger partial charge < -0.3 is 10.1 Å². The van der Waals surface area contributed by atoms with Gasteiger partial charge in [-0.05, 0) is 12.1 Å². The minimum atomic E-state index is -1.12. The highest BCUT2D eigenvalue weighted by Gasteiger charge is 2.29. The first kappa shape index (κ1) is 10.0. The fourth-order valence-corrected chi connectivity index (χ4v) is 1.42. The molecular weight excluding hydrogens is 199 g/mol. The summed E-state index contributed by atoms with van der Waals surface area (Å²) in [6.07, 6.45) is 1.93. The molecule has 2 unspecified atom stereocenters. The molecule has 2 atom stereocenters. The number of carbonyl (C=O) groups excluding carboxylic acids is 1. The van der Waals surface area contributed by atoms with Crippen molar-refractivity contribution in [3.63, 3.8) is 0 Å². The molecule has 1 aromatic rings. The van der Waals surface area contributed by atoms with E-state index in [9.17, 15) is 9.18 Å². The maximum absolute atomic E-state index is 13.1. The predicted octanol–water partition coefficient (Wildman–Crippen LogP) is 0.548. The van der Waals surface area contributed by atoms with Gasteiger partial charge in [-0.2, -0.15) is 0 Å². The van der Waals surface area contributed by atoms with Crippen LogP contribution in [0.25, 0.3) is 0 Å². The minimum Gasteiger partial charge on any atom is -0.376 e. The summed E-state index contributed by atoms with van der Waals surface area (Å²) in [5.74, 6) is -0.296. The summed E-state index contributed by atoms with van der Waals surface area (Å²) < 4.78 is 18.0. The summed E-state index contributed by atoms with van der Waals surface area (Å²) in [4.78, 5) is 15.4. The molecule has 1 aliphatic heterocycles. The van der Waals surface area contributed by atoms with Crippen LogP contribution in [0, 0.1) is 0 Å². The Morgan fingerprint density at radius 1 is 1.47 bits per heavy atom. The maximum Gasteiger partial charge on any atom is 0.251 e. The van der Waals surface area contributed by atoms with Gasteiger partial charge in [-0.25, -0.2) is 4.39 Å². The van der Waals surface area contributed by atoms with Gasteiger partial charge in [0, 0.05) is 18.0 Å². The van der Waals surface area contributed by atoms with Crippen molar-refractivity contribution in [1.82, 2.24) is 10.3 Å². The Hall–Kier alpha value is -1.49. The van der Waals surface area contributed by atoms with Crippen molar-refractivity contribution in [2.45, 2.75) is 12.2 Å². The standard InChI is InChI=1S/C10H11FN2O2/c11-8-5-15-6-9(8)13-10(14)7-1-3-12-4-2-7/h1-4,8-9H,5-6H2,(H,13,14). The molecule has 0 radical (unpaired) electrons. The number of hydrogen-bond donors (Lipinski definition) is 1. The molecule has 1 aliphatic rings. The Morgan fingerprint density at radius 2 is 2.20 bits per heavy atom. The van der Waals surface area contributed by atoms with Gasteiger partial charge in [-0.15, -0.1) is 0 Å².